The van der Waals surface area contributed by atoms with Crippen molar-refractivity contribution in [1.29, 1.82) is 0 Å². The van der Waals surface area contributed by atoms with Gasteiger partial charge in [0.15, 0.2) is 0 Å². The van der Waals surface area contributed by atoms with Crippen LogP contribution in [0.3, 0.4) is 0 Å². The fraction of sp³-hybridized carbons (Fsp3) is 0.714. The molecule has 15 heavy (non-hydrogen) atoms. The summed E-state index contributed by atoms with van der Waals surface area (Å²) in [5.74, 6) is 0.660. The SMILES string of the molecule is CC.CCC1(OC)C=CC=C2CCCC21. The smallest absolute Gasteiger partial charge is 0.0924 e. The minimum absolute atomic E-state index is 0.0145. The van der Waals surface area contributed by atoms with Crippen molar-refractivity contribution < 1.29 is 4.74 Å². The minimum Gasteiger partial charge on any atom is -0.374 e. The number of hydrogen-bond donors (Lipinski definition) is 0. The van der Waals surface area contributed by atoms with Crippen molar-refractivity contribution in [2.24, 2.45) is 5.92 Å². The van der Waals surface area contributed by atoms with E-state index in [0.717, 1.165) is 6.42 Å². The maximum Gasteiger partial charge on any atom is 0.0924 e. The number of rotatable bonds is 2. The summed E-state index contributed by atoms with van der Waals surface area (Å²) in [7, 11) is 1.84. The molecule has 0 bridgehead atoms. The maximum atomic E-state index is 5.71. The molecular weight excluding hydrogens is 184 g/mol. The number of hydrogen-bond acceptors (Lipinski definition) is 1. The average Bonchev–Trinajstić information content (AvgIpc) is 2.80. The van der Waals surface area contributed by atoms with E-state index in [1.807, 2.05) is 21.0 Å². The molecule has 1 nitrogen and oxygen atoms in total. The van der Waals surface area contributed by atoms with Crippen LogP contribution in [0.15, 0.2) is 23.8 Å². The lowest BCUT2D eigenvalue weighted by Gasteiger charge is -2.37. The van der Waals surface area contributed by atoms with Gasteiger partial charge in [0.05, 0.1) is 5.60 Å². The Morgan fingerprint density at radius 1 is 1.47 bits per heavy atom. The topological polar surface area (TPSA) is 9.23 Å². The zero-order chi connectivity index (χ0) is 11.3. The summed E-state index contributed by atoms with van der Waals surface area (Å²) < 4.78 is 5.71. The summed E-state index contributed by atoms with van der Waals surface area (Å²) in [5, 5.41) is 0. The van der Waals surface area contributed by atoms with Gasteiger partial charge in [-0.2, -0.15) is 0 Å². The molecule has 0 N–H and O–H groups in total. The first-order valence-electron chi connectivity index (χ1n) is 6.26. The van der Waals surface area contributed by atoms with Gasteiger partial charge in [0.25, 0.3) is 0 Å². The average molecular weight is 208 g/mol. The Bertz CT molecular complexity index is 246. The van der Waals surface area contributed by atoms with E-state index in [0.29, 0.717) is 5.92 Å². The van der Waals surface area contributed by atoms with E-state index in [-0.39, 0.29) is 5.60 Å². The Balaban J connectivity index is 0.000000531. The van der Waals surface area contributed by atoms with Gasteiger partial charge in [-0.25, -0.2) is 0 Å². The van der Waals surface area contributed by atoms with Crippen molar-refractivity contribution in [2.45, 2.75) is 52.1 Å². The Kier molecular flexibility index (Phi) is 4.59. The van der Waals surface area contributed by atoms with Gasteiger partial charge in [-0.1, -0.05) is 44.6 Å². The van der Waals surface area contributed by atoms with E-state index < -0.39 is 0 Å². The Morgan fingerprint density at radius 2 is 2.20 bits per heavy atom. The monoisotopic (exact) mass is 208 g/mol. The number of ether oxygens (including phenoxy) is 1. The van der Waals surface area contributed by atoms with Crippen molar-refractivity contribution in [3.63, 3.8) is 0 Å². The summed E-state index contributed by atoms with van der Waals surface area (Å²) in [6, 6.07) is 0. The van der Waals surface area contributed by atoms with E-state index in [4.69, 9.17) is 4.74 Å². The molecular formula is C14H24O. The van der Waals surface area contributed by atoms with Crippen LogP contribution in [0.5, 0.6) is 0 Å². The molecule has 0 spiro atoms. The van der Waals surface area contributed by atoms with E-state index in [9.17, 15) is 0 Å². The van der Waals surface area contributed by atoms with Crippen LogP contribution in [0, 0.1) is 5.92 Å². The van der Waals surface area contributed by atoms with Crippen LogP contribution >= 0.6 is 0 Å². The van der Waals surface area contributed by atoms with Crippen molar-refractivity contribution in [2.75, 3.05) is 7.11 Å². The predicted molar refractivity (Wildman–Crippen MR) is 65.9 cm³/mol. The first kappa shape index (κ1) is 12.5. The second kappa shape index (κ2) is 5.50. The Hall–Kier alpha value is -0.560. The van der Waals surface area contributed by atoms with Crippen molar-refractivity contribution in [1.82, 2.24) is 0 Å². The molecule has 0 aromatic rings. The van der Waals surface area contributed by atoms with Crippen LogP contribution in [-0.4, -0.2) is 12.7 Å². The molecule has 2 rings (SSSR count). The lowest BCUT2D eigenvalue weighted by Crippen LogP contribution is -2.38. The van der Waals surface area contributed by atoms with E-state index in [1.165, 1.54) is 19.3 Å². The van der Waals surface area contributed by atoms with Crippen molar-refractivity contribution in [3.05, 3.63) is 23.8 Å². The minimum atomic E-state index is 0.0145. The summed E-state index contributed by atoms with van der Waals surface area (Å²) >= 11 is 0. The van der Waals surface area contributed by atoms with Crippen LogP contribution in [0.1, 0.15) is 46.5 Å². The van der Waals surface area contributed by atoms with E-state index in [2.05, 4.69) is 25.2 Å². The lowest BCUT2D eigenvalue weighted by atomic mass is 9.78. The molecule has 0 aromatic heterocycles. The molecule has 2 atom stereocenters. The number of methoxy groups -OCH3 is 1. The molecule has 86 valence electrons. The van der Waals surface area contributed by atoms with Crippen LogP contribution < -0.4 is 0 Å². The summed E-state index contributed by atoms with van der Waals surface area (Å²) in [5.41, 5.74) is 1.62. The first-order valence-corrected chi connectivity index (χ1v) is 6.26. The largest absolute Gasteiger partial charge is 0.374 e. The second-order valence-electron chi connectivity index (χ2n) is 4.06. The normalized spacial score (nSPS) is 32.8. The molecule has 0 heterocycles. The predicted octanol–water partition coefficient (Wildman–Crippen LogP) is 4.10. The fourth-order valence-corrected chi connectivity index (χ4v) is 2.80. The second-order valence-corrected chi connectivity index (χ2v) is 4.06. The highest BCUT2D eigenvalue weighted by Crippen LogP contribution is 2.44. The summed E-state index contributed by atoms with van der Waals surface area (Å²) in [6.45, 7) is 6.22. The third-order valence-electron chi connectivity index (χ3n) is 3.62. The molecule has 1 heteroatoms. The van der Waals surface area contributed by atoms with Crippen LogP contribution in [0.4, 0.5) is 0 Å². The lowest BCUT2D eigenvalue weighted by molar-refractivity contribution is -0.00837. The first-order chi connectivity index (χ1) is 7.32. The standard InChI is InChI=1S/C12H18O.C2H6/c1-3-12(13-2)9-5-7-10-6-4-8-11(10)12;1-2/h5,7,9,11H,3-4,6,8H2,1-2H3;1-2H3. The van der Waals surface area contributed by atoms with Crippen LogP contribution in [0.25, 0.3) is 0 Å². The van der Waals surface area contributed by atoms with Crippen LogP contribution in [-0.2, 0) is 4.74 Å². The van der Waals surface area contributed by atoms with Gasteiger partial charge in [-0.05, 0) is 25.7 Å². The highest BCUT2D eigenvalue weighted by atomic mass is 16.5. The highest BCUT2D eigenvalue weighted by molar-refractivity contribution is 5.31. The molecule has 0 radical (unpaired) electrons. The molecule has 0 aliphatic heterocycles. The van der Waals surface area contributed by atoms with Gasteiger partial charge in [0.1, 0.15) is 0 Å². The zero-order valence-electron chi connectivity index (χ0n) is 10.5. The van der Waals surface area contributed by atoms with Crippen LogP contribution in [0.2, 0.25) is 0 Å². The molecule has 2 unspecified atom stereocenters. The fourth-order valence-electron chi connectivity index (χ4n) is 2.80. The molecule has 0 saturated heterocycles. The van der Waals surface area contributed by atoms with Crippen molar-refractivity contribution in [3.8, 4) is 0 Å². The van der Waals surface area contributed by atoms with E-state index in [1.54, 1.807) is 5.57 Å². The Labute approximate surface area is 94.2 Å². The molecule has 0 amide bonds. The molecule has 2 aliphatic rings. The Morgan fingerprint density at radius 3 is 2.80 bits per heavy atom. The van der Waals surface area contributed by atoms with Crippen molar-refractivity contribution >= 4 is 0 Å². The zero-order valence-corrected chi connectivity index (χ0v) is 10.5. The third kappa shape index (κ3) is 2.17. The van der Waals surface area contributed by atoms with Gasteiger partial charge in [0, 0.05) is 13.0 Å². The van der Waals surface area contributed by atoms with E-state index >= 15 is 0 Å². The third-order valence-corrected chi connectivity index (χ3v) is 3.62. The highest BCUT2D eigenvalue weighted by Gasteiger charge is 2.40. The van der Waals surface area contributed by atoms with Gasteiger partial charge in [-0.3, -0.25) is 0 Å². The van der Waals surface area contributed by atoms with Gasteiger partial charge < -0.3 is 4.74 Å². The molecule has 0 aromatic carbocycles. The molecule has 1 fully saturated rings. The van der Waals surface area contributed by atoms with Gasteiger partial charge in [0.2, 0.25) is 0 Å². The number of allylic oxidation sites excluding steroid dienone is 2. The molecule has 2 aliphatic carbocycles. The van der Waals surface area contributed by atoms with Gasteiger partial charge in [-0.15, -0.1) is 0 Å². The maximum absolute atomic E-state index is 5.71. The number of fused-ring (bicyclic) bond motifs is 1. The summed E-state index contributed by atoms with van der Waals surface area (Å²) in [4.78, 5) is 0. The summed E-state index contributed by atoms with van der Waals surface area (Å²) in [6.07, 6.45) is 11.7. The van der Waals surface area contributed by atoms with Gasteiger partial charge >= 0.3 is 0 Å². The molecule has 1 saturated carbocycles. The quantitative estimate of drug-likeness (QED) is 0.663.